The minimum atomic E-state index is -0.277. The lowest BCUT2D eigenvalue weighted by molar-refractivity contribution is -0.139. The number of aromatic hydroxyl groups is 1. The summed E-state index contributed by atoms with van der Waals surface area (Å²) in [5, 5.41) is 8.93. The molecule has 0 aliphatic rings. The van der Waals surface area contributed by atoms with Gasteiger partial charge in [0.2, 0.25) is 0 Å². The van der Waals surface area contributed by atoms with Crippen LogP contribution in [0.25, 0.3) is 0 Å². The fourth-order valence-corrected chi connectivity index (χ4v) is 0.853. The van der Waals surface area contributed by atoms with Crippen LogP contribution in [0, 0.1) is 0 Å². The van der Waals surface area contributed by atoms with Gasteiger partial charge in [0.25, 0.3) is 0 Å². The van der Waals surface area contributed by atoms with Gasteiger partial charge in [0.1, 0.15) is 5.75 Å². The fraction of sp³-hybridized carbons (Fsp3) is 0.222. The van der Waals surface area contributed by atoms with Gasteiger partial charge in [-0.05, 0) is 17.7 Å². The van der Waals surface area contributed by atoms with Crippen LogP contribution in [0.15, 0.2) is 24.3 Å². The van der Waals surface area contributed by atoms with Gasteiger partial charge in [-0.1, -0.05) is 12.1 Å². The minimum Gasteiger partial charge on any atom is -0.508 e. The number of rotatable bonds is 2. The first-order valence-corrected chi connectivity index (χ1v) is 10.00. The first-order valence-electron chi connectivity index (χ1n) is 3.71. The highest BCUT2D eigenvalue weighted by molar-refractivity contribution is 15.0. The van der Waals surface area contributed by atoms with E-state index in [1.54, 1.807) is 12.1 Å². The molecule has 0 radical (unpaired) electrons. The third-order valence-corrected chi connectivity index (χ3v) is 1.51. The molecule has 0 unspecified atom stereocenters. The molecule has 0 saturated carbocycles. The van der Waals surface area contributed by atoms with E-state index in [0.717, 1.165) is 5.56 Å². The van der Waals surface area contributed by atoms with Crippen LogP contribution in [0.4, 0.5) is 0 Å². The molecule has 0 saturated heterocycles. The maximum atomic E-state index is 10.8. The van der Waals surface area contributed by atoms with Gasteiger partial charge in [-0.25, -0.2) is 0 Å². The van der Waals surface area contributed by atoms with Crippen molar-refractivity contribution in [2.24, 2.45) is 0 Å². The molecule has 5 heteroatoms. The summed E-state index contributed by atoms with van der Waals surface area (Å²) in [5.41, 5.74) is 0.833. The Morgan fingerprint density at radius 3 is 2.29 bits per heavy atom. The summed E-state index contributed by atoms with van der Waals surface area (Å²) in [6.45, 7) is 0. The lowest BCUT2D eigenvalue weighted by atomic mass is 10.1. The van der Waals surface area contributed by atoms with Crippen molar-refractivity contribution in [3.8, 4) is 5.75 Å². The van der Waals surface area contributed by atoms with E-state index in [9.17, 15) is 4.79 Å². The largest absolute Gasteiger partial charge is 0.508 e. The summed E-state index contributed by atoms with van der Waals surface area (Å²) in [4.78, 5) is 10.8. The monoisotopic (exact) mass is 420 g/mol. The Morgan fingerprint density at radius 2 is 1.86 bits per heavy atom. The highest BCUT2D eigenvalue weighted by atomic mass is 128. The molecule has 0 spiro atoms. The molecular formula is C9H10I2O3. The smallest absolute Gasteiger partial charge is 0.309 e. The quantitative estimate of drug-likeness (QED) is 0.592. The Kier molecular flexibility index (Phi) is 8.24. The molecule has 14 heavy (non-hydrogen) atoms. The first kappa shape index (κ1) is 13.9. The van der Waals surface area contributed by atoms with Crippen molar-refractivity contribution in [3.05, 3.63) is 29.8 Å². The Morgan fingerprint density at radius 1 is 1.36 bits per heavy atom. The molecular weight excluding hydrogens is 410 g/mol. The van der Waals surface area contributed by atoms with Crippen molar-refractivity contribution < 1.29 is 14.6 Å². The van der Waals surface area contributed by atoms with Crippen molar-refractivity contribution in [2.45, 2.75) is 6.42 Å². The van der Waals surface area contributed by atoms with Gasteiger partial charge in [0, 0.05) is 37.2 Å². The second-order valence-electron chi connectivity index (χ2n) is 2.42. The summed E-state index contributed by atoms with van der Waals surface area (Å²) < 4.78 is 4.48. The molecule has 0 bridgehead atoms. The minimum absolute atomic E-state index is 0.198. The van der Waals surface area contributed by atoms with Crippen LogP contribution in [0.3, 0.4) is 0 Å². The predicted octanol–water partition coefficient (Wildman–Crippen LogP) is 2.88. The van der Waals surface area contributed by atoms with Crippen LogP contribution in [0.1, 0.15) is 5.56 Å². The van der Waals surface area contributed by atoms with E-state index in [-0.39, 0.29) is 18.1 Å². The molecule has 1 aromatic carbocycles. The Bertz CT molecular complexity index is 272. The second kappa shape index (κ2) is 8.27. The molecule has 0 fully saturated rings. The molecule has 0 atom stereocenters. The van der Waals surface area contributed by atoms with Gasteiger partial charge in [-0.3, -0.25) is 4.79 Å². The zero-order valence-electron chi connectivity index (χ0n) is 7.54. The molecule has 0 aromatic heterocycles. The topological polar surface area (TPSA) is 46.5 Å². The highest BCUT2D eigenvalue weighted by Crippen LogP contribution is 2.10. The van der Waals surface area contributed by atoms with E-state index in [1.165, 1.54) is 19.2 Å². The van der Waals surface area contributed by atoms with E-state index in [0.29, 0.717) is 0 Å². The number of ether oxygens (including phenoxy) is 1. The van der Waals surface area contributed by atoms with E-state index >= 15 is 0 Å². The molecule has 0 aliphatic carbocycles. The summed E-state index contributed by atoms with van der Waals surface area (Å²) in [5.74, 6) is -0.0793. The predicted molar refractivity (Wildman–Crippen MR) is 71.9 cm³/mol. The van der Waals surface area contributed by atoms with Crippen LogP contribution in [0.2, 0.25) is 0 Å². The number of carbonyl (C=O) groups excluding carboxylic acids is 1. The Labute approximate surface area is 106 Å². The molecule has 3 nitrogen and oxygen atoms in total. The number of phenols is 1. The lowest BCUT2D eigenvalue weighted by Gasteiger charge is -1.99. The fourth-order valence-electron chi connectivity index (χ4n) is 0.853. The molecule has 0 aliphatic heterocycles. The maximum absolute atomic E-state index is 10.8. The number of carbonyl (C=O) groups is 1. The second-order valence-corrected chi connectivity index (χ2v) is 2.42. The van der Waals surface area contributed by atoms with Crippen molar-refractivity contribution in [3.63, 3.8) is 0 Å². The van der Waals surface area contributed by atoms with E-state index in [2.05, 4.69) is 42.0 Å². The van der Waals surface area contributed by atoms with Crippen LogP contribution < -0.4 is 0 Å². The van der Waals surface area contributed by atoms with Crippen LogP contribution in [-0.2, 0) is 16.0 Å². The van der Waals surface area contributed by atoms with Crippen molar-refractivity contribution >= 4 is 43.2 Å². The molecule has 1 rings (SSSR count). The van der Waals surface area contributed by atoms with E-state index in [1.807, 2.05) is 0 Å². The van der Waals surface area contributed by atoms with Crippen molar-refractivity contribution in [1.82, 2.24) is 0 Å². The van der Waals surface area contributed by atoms with Gasteiger partial charge in [0.15, 0.2) is 0 Å². The maximum Gasteiger partial charge on any atom is 0.309 e. The SMILES string of the molecule is COC(=O)Cc1ccc(O)cc1.II. The number of halogens is 2. The molecule has 0 amide bonds. The number of hydrogen-bond acceptors (Lipinski definition) is 3. The normalized spacial score (nSPS) is 8.50. The third kappa shape index (κ3) is 5.63. The third-order valence-electron chi connectivity index (χ3n) is 1.51. The Balaban J connectivity index is 0.000000791. The first-order chi connectivity index (χ1) is 6.72. The van der Waals surface area contributed by atoms with Crippen molar-refractivity contribution in [2.75, 3.05) is 7.11 Å². The van der Waals surface area contributed by atoms with Gasteiger partial charge in [-0.2, -0.15) is 0 Å². The zero-order chi connectivity index (χ0) is 11.0. The van der Waals surface area contributed by atoms with Crippen LogP contribution in [0.5, 0.6) is 5.75 Å². The molecule has 78 valence electrons. The van der Waals surface area contributed by atoms with E-state index < -0.39 is 0 Å². The lowest BCUT2D eigenvalue weighted by Crippen LogP contribution is -2.03. The van der Waals surface area contributed by atoms with Gasteiger partial charge in [-0.15, -0.1) is 0 Å². The standard InChI is InChI=1S/C9H10O3.I2/c1-12-9(11)6-7-2-4-8(10)5-3-7;1-2/h2-5,10H,6H2,1H3;. The van der Waals surface area contributed by atoms with Crippen LogP contribution in [-0.4, -0.2) is 18.2 Å². The number of hydrogen-bond donors (Lipinski definition) is 1. The average Bonchev–Trinajstić information content (AvgIpc) is 2.24. The van der Waals surface area contributed by atoms with Gasteiger partial charge in [0.05, 0.1) is 13.5 Å². The van der Waals surface area contributed by atoms with E-state index in [4.69, 9.17) is 5.11 Å². The zero-order valence-corrected chi connectivity index (χ0v) is 11.9. The van der Waals surface area contributed by atoms with Gasteiger partial charge < -0.3 is 9.84 Å². The summed E-state index contributed by atoms with van der Waals surface area (Å²) in [6, 6.07) is 6.45. The molecule has 1 aromatic rings. The Hall–Kier alpha value is -0.0500. The summed E-state index contributed by atoms with van der Waals surface area (Å²) >= 11 is 4.24. The summed E-state index contributed by atoms with van der Waals surface area (Å²) in [7, 11) is 1.35. The number of esters is 1. The number of phenolic OH excluding ortho intramolecular Hbond substituents is 1. The summed E-state index contributed by atoms with van der Waals surface area (Å²) in [6.07, 6.45) is 0.247. The average molecular weight is 420 g/mol. The van der Waals surface area contributed by atoms with Gasteiger partial charge >= 0.3 is 5.97 Å². The number of benzene rings is 1. The number of methoxy groups -OCH3 is 1. The highest BCUT2D eigenvalue weighted by Gasteiger charge is 2.01. The van der Waals surface area contributed by atoms with Crippen molar-refractivity contribution in [1.29, 1.82) is 0 Å². The molecule has 0 heterocycles. The van der Waals surface area contributed by atoms with Crippen LogP contribution >= 0.6 is 37.2 Å². The molecule has 1 N–H and O–H groups in total.